The standard InChI is InChI=1S/C5H5F2NOS/c1-5(6,7)4-8-3(9)2-10-4/h2,9H,1H3. The number of alkyl halides is 2. The number of aromatic hydroxyl groups is 1. The van der Waals surface area contributed by atoms with Crippen LogP contribution in [0, 0.1) is 0 Å². The summed E-state index contributed by atoms with van der Waals surface area (Å²) in [7, 11) is 0. The summed E-state index contributed by atoms with van der Waals surface area (Å²) < 4.78 is 24.6. The minimum Gasteiger partial charge on any atom is -0.493 e. The van der Waals surface area contributed by atoms with Gasteiger partial charge < -0.3 is 5.11 Å². The van der Waals surface area contributed by atoms with Crippen LogP contribution in [-0.2, 0) is 5.92 Å². The average Bonchev–Trinajstić information content (AvgIpc) is 2.11. The molecule has 1 rings (SSSR count). The Balaban J connectivity index is 2.96. The number of hydrogen-bond donors (Lipinski definition) is 1. The van der Waals surface area contributed by atoms with Gasteiger partial charge in [-0.05, 0) is 0 Å². The lowest BCUT2D eigenvalue weighted by atomic mass is 10.4. The van der Waals surface area contributed by atoms with Gasteiger partial charge in [0.15, 0.2) is 5.01 Å². The van der Waals surface area contributed by atoms with Crippen LogP contribution in [0.2, 0.25) is 0 Å². The van der Waals surface area contributed by atoms with Crippen LogP contribution in [0.4, 0.5) is 8.78 Å². The fraction of sp³-hybridized carbons (Fsp3) is 0.400. The fourth-order valence-electron chi connectivity index (χ4n) is 0.467. The van der Waals surface area contributed by atoms with Gasteiger partial charge in [0.05, 0.1) is 5.38 Å². The molecule has 1 aromatic heterocycles. The van der Waals surface area contributed by atoms with Gasteiger partial charge in [-0.2, -0.15) is 8.78 Å². The summed E-state index contributed by atoms with van der Waals surface area (Å²) in [5, 5.41) is 9.40. The van der Waals surface area contributed by atoms with Crippen molar-refractivity contribution in [2.24, 2.45) is 0 Å². The van der Waals surface area contributed by atoms with Crippen molar-refractivity contribution >= 4 is 11.3 Å². The summed E-state index contributed by atoms with van der Waals surface area (Å²) in [5.41, 5.74) is 0. The van der Waals surface area contributed by atoms with E-state index >= 15 is 0 Å². The third-order valence-electron chi connectivity index (χ3n) is 0.868. The third-order valence-corrected chi connectivity index (χ3v) is 1.87. The normalized spacial score (nSPS) is 11.9. The van der Waals surface area contributed by atoms with Gasteiger partial charge in [0.2, 0.25) is 5.88 Å². The van der Waals surface area contributed by atoms with Crippen LogP contribution in [0.1, 0.15) is 11.9 Å². The van der Waals surface area contributed by atoms with Gasteiger partial charge in [-0.15, -0.1) is 11.3 Å². The van der Waals surface area contributed by atoms with Crippen molar-refractivity contribution in [1.29, 1.82) is 0 Å². The fourth-order valence-corrected chi connectivity index (χ4v) is 1.09. The zero-order valence-corrected chi connectivity index (χ0v) is 5.95. The summed E-state index contributed by atoms with van der Waals surface area (Å²) in [6, 6.07) is 0. The van der Waals surface area contributed by atoms with E-state index in [0.717, 1.165) is 18.3 Å². The highest BCUT2D eigenvalue weighted by Gasteiger charge is 2.28. The van der Waals surface area contributed by atoms with Crippen LogP contribution < -0.4 is 0 Å². The van der Waals surface area contributed by atoms with Crippen LogP contribution in [0.3, 0.4) is 0 Å². The van der Waals surface area contributed by atoms with Crippen LogP contribution >= 0.6 is 11.3 Å². The first-order valence-corrected chi connectivity index (χ1v) is 3.41. The predicted octanol–water partition coefficient (Wildman–Crippen LogP) is 1.96. The van der Waals surface area contributed by atoms with Gasteiger partial charge >= 0.3 is 0 Å². The maximum atomic E-state index is 12.3. The summed E-state index contributed by atoms with van der Waals surface area (Å²) in [5.74, 6) is -3.28. The average molecular weight is 165 g/mol. The largest absolute Gasteiger partial charge is 0.493 e. The van der Waals surface area contributed by atoms with E-state index in [2.05, 4.69) is 4.98 Å². The smallest absolute Gasteiger partial charge is 0.296 e. The highest BCUT2D eigenvalue weighted by atomic mass is 32.1. The second-order valence-corrected chi connectivity index (χ2v) is 2.76. The van der Waals surface area contributed by atoms with Crippen LogP contribution in [0.15, 0.2) is 5.38 Å². The number of nitrogens with zero attached hydrogens (tertiary/aromatic N) is 1. The lowest BCUT2D eigenvalue weighted by Crippen LogP contribution is -2.05. The Hall–Kier alpha value is -0.710. The van der Waals surface area contributed by atoms with E-state index in [-0.39, 0.29) is 10.9 Å². The van der Waals surface area contributed by atoms with Crippen molar-refractivity contribution in [2.75, 3.05) is 0 Å². The monoisotopic (exact) mass is 165 g/mol. The first kappa shape index (κ1) is 7.40. The summed E-state index contributed by atoms with van der Waals surface area (Å²) in [4.78, 5) is 3.21. The molecule has 0 atom stereocenters. The van der Waals surface area contributed by atoms with Crippen molar-refractivity contribution < 1.29 is 13.9 Å². The lowest BCUT2D eigenvalue weighted by molar-refractivity contribution is 0.0168. The maximum Gasteiger partial charge on any atom is 0.296 e. The molecule has 0 saturated heterocycles. The molecule has 5 heteroatoms. The van der Waals surface area contributed by atoms with Crippen molar-refractivity contribution in [3.05, 3.63) is 10.4 Å². The SMILES string of the molecule is CC(F)(F)c1nc(O)cs1. The molecule has 0 bridgehead atoms. The highest BCUT2D eigenvalue weighted by molar-refractivity contribution is 7.09. The zero-order valence-electron chi connectivity index (χ0n) is 5.14. The Bertz CT molecular complexity index is 230. The molecule has 0 unspecified atom stereocenters. The molecular weight excluding hydrogens is 160 g/mol. The summed E-state index contributed by atoms with van der Waals surface area (Å²) in [6.45, 7) is 0.741. The van der Waals surface area contributed by atoms with Crippen molar-refractivity contribution in [3.63, 3.8) is 0 Å². The third kappa shape index (κ3) is 1.41. The van der Waals surface area contributed by atoms with Crippen LogP contribution in [-0.4, -0.2) is 10.1 Å². The molecule has 0 aromatic carbocycles. The molecule has 0 aliphatic heterocycles. The second-order valence-electron chi connectivity index (χ2n) is 1.90. The minimum atomic E-state index is -2.94. The zero-order chi connectivity index (χ0) is 7.78. The van der Waals surface area contributed by atoms with Gasteiger partial charge in [0, 0.05) is 6.92 Å². The van der Waals surface area contributed by atoms with Gasteiger partial charge in [-0.1, -0.05) is 0 Å². The van der Waals surface area contributed by atoms with Gasteiger partial charge in [-0.25, -0.2) is 4.98 Å². The number of halogens is 2. The molecule has 1 heterocycles. The molecule has 0 saturated carbocycles. The van der Waals surface area contributed by atoms with Crippen LogP contribution in [0.5, 0.6) is 5.88 Å². The molecule has 1 N–H and O–H groups in total. The molecule has 0 aliphatic rings. The van der Waals surface area contributed by atoms with Crippen LogP contribution in [0.25, 0.3) is 0 Å². The first-order valence-electron chi connectivity index (χ1n) is 2.53. The Morgan fingerprint density at radius 1 is 1.70 bits per heavy atom. The van der Waals surface area contributed by atoms with E-state index in [1.165, 1.54) is 5.38 Å². The number of thiazole rings is 1. The molecule has 0 aliphatic carbocycles. The van der Waals surface area contributed by atoms with Gasteiger partial charge in [0.25, 0.3) is 5.92 Å². The van der Waals surface area contributed by atoms with E-state index in [4.69, 9.17) is 5.11 Å². The van der Waals surface area contributed by atoms with E-state index in [1.807, 2.05) is 0 Å². The quantitative estimate of drug-likeness (QED) is 0.690. The lowest BCUT2D eigenvalue weighted by Gasteiger charge is -2.02. The summed E-state index contributed by atoms with van der Waals surface area (Å²) in [6.07, 6.45) is 0. The number of hydrogen-bond acceptors (Lipinski definition) is 3. The highest BCUT2D eigenvalue weighted by Crippen LogP contribution is 2.30. The maximum absolute atomic E-state index is 12.3. The van der Waals surface area contributed by atoms with E-state index in [9.17, 15) is 8.78 Å². The predicted molar refractivity (Wildman–Crippen MR) is 33.3 cm³/mol. The molecule has 10 heavy (non-hydrogen) atoms. The molecule has 56 valence electrons. The molecule has 2 nitrogen and oxygen atoms in total. The Kier molecular flexibility index (Phi) is 1.60. The molecule has 1 aromatic rings. The second kappa shape index (κ2) is 2.16. The Morgan fingerprint density at radius 2 is 2.30 bits per heavy atom. The summed E-state index contributed by atoms with van der Waals surface area (Å²) >= 11 is 0.745. The first-order chi connectivity index (χ1) is 4.50. The number of rotatable bonds is 1. The molecule has 0 fully saturated rings. The van der Waals surface area contributed by atoms with Crippen molar-refractivity contribution in [3.8, 4) is 5.88 Å². The molecule has 0 spiro atoms. The van der Waals surface area contributed by atoms with E-state index < -0.39 is 5.92 Å². The Morgan fingerprint density at radius 3 is 2.50 bits per heavy atom. The Labute approximate surface area is 60.1 Å². The van der Waals surface area contributed by atoms with Gasteiger partial charge in [-0.3, -0.25) is 0 Å². The molecular formula is C5H5F2NOS. The van der Waals surface area contributed by atoms with Gasteiger partial charge in [0.1, 0.15) is 0 Å². The topological polar surface area (TPSA) is 33.1 Å². The van der Waals surface area contributed by atoms with E-state index in [1.54, 1.807) is 0 Å². The van der Waals surface area contributed by atoms with E-state index in [0.29, 0.717) is 0 Å². The van der Waals surface area contributed by atoms with Crippen molar-refractivity contribution in [1.82, 2.24) is 4.98 Å². The molecule has 0 radical (unpaired) electrons. The minimum absolute atomic E-state index is 0.346. The van der Waals surface area contributed by atoms with Crippen molar-refractivity contribution in [2.45, 2.75) is 12.8 Å². The number of aromatic nitrogens is 1. The molecule has 0 amide bonds.